The predicted octanol–water partition coefficient (Wildman–Crippen LogP) is 2.44. The molecule has 5 heteroatoms. The molecule has 3 rings (SSSR count). The molecule has 0 bridgehead atoms. The van der Waals surface area contributed by atoms with Gasteiger partial charge in [-0.05, 0) is 43.7 Å². The first-order valence-electron chi connectivity index (χ1n) is 8.68. The summed E-state index contributed by atoms with van der Waals surface area (Å²) in [5.41, 5.74) is 2.35. The van der Waals surface area contributed by atoms with Crippen LogP contribution in [0.2, 0.25) is 0 Å². The van der Waals surface area contributed by atoms with Crippen LogP contribution in [-0.4, -0.2) is 28.3 Å². The Morgan fingerprint density at radius 3 is 2.71 bits per heavy atom. The van der Waals surface area contributed by atoms with Crippen molar-refractivity contribution in [1.29, 1.82) is 0 Å². The Balaban J connectivity index is 1.47. The normalized spacial score (nSPS) is 16.6. The molecular weight excluding hydrogens is 300 g/mol. The van der Waals surface area contributed by atoms with E-state index >= 15 is 0 Å². The zero-order chi connectivity index (χ0) is 16.9. The number of benzene rings is 1. The van der Waals surface area contributed by atoms with Gasteiger partial charge in [0, 0.05) is 12.2 Å². The largest absolute Gasteiger partial charge is 0.348 e. The van der Waals surface area contributed by atoms with Gasteiger partial charge >= 0.3 is 0 Å². The van der Waals surface area contributed by atoms with Gasteiger partial charge in [-0.2, -0.15) is 5.10 Å². The van der Waals surface area contributed by atoms with Crippen molar-refractivity contribution in [3.63, 3.8) is 0 Å². The molecule has 128 valence electrons. The van der Waals surface area contributed by atoms with E-state index in [-0.39, 0.29) is 18.0 Å². The predicted molar refractivity (Wildman–Crippen MR) is 94.5 cm³/mol. The molecule has 1 aromatic heterocycles. The van der Waals surface area contributed by atoms with E-state index in [1.54, 1.807) is 0 Å². The fourth-order valence-electron chi connectivity index (χ4n) is 2.97. The van der Waals surface area contributed by atoms with Gasteiger partial charge in [0.1, 0.15) is 0 Å². The number of nitrogens with zero attached hydrogens (tertiary/aromatic N) is 2. The van der Waals surface area contributed by atoms with E-state index < -0.39 is 0 Å². The van der Waals surface area contributed by atoms with E-state index in [1.807, 2.05) is 42.2 Å². The van der Waals surface area contributed by atoms with Crippen molar-refractivity contribution in [3.05, 3.63) is 53.9 Å². The van der Waals surface area contributed by atoms with Gasteiger partial charge in [0.15, 0.2) is 0 Å². The maximum Gasteiger partial charge on any atom is 0.234 e. The third-order valence-corrected chi connectivity index (χ3v) is 4.40. The van der Waals surface area contributed by atoms with Crippen molar-refractivity contribution >= 4 is 5.91 Å². The van der Waals surface area contributed by atoms with Gasteiger partial charge in [-0.15, -0.1) is 0 Å². The van der Waals surface area contributed by atoms with Gasteiger partial charge in [0.2, 0.25) is 5.91 Å². The summed E-state index contributed by atoms with van der Waals surface area (Å²) < 4.78 is 1.90. The van der Waals surface area contributed by atoms with Crippen LogP contribution in [0.4, 0.5) is 0 Å². The monoisotopic (exact) mass is 326 g/mol. The Hall–Kier alpha value is -2.14. The third-order valence-electron chi connectivity index (χ3n) is 4.40. The average Bonchev–Trinajstić information content (AvgIpc) is 3.34. The summed E-state index contributed by atoms with van der Waals surface area (Å²) in [7, 11) is 0. The minimum absolute atomic E-state index is 0.0549. The first kappa shape index (κ1) is 16.7. The number of carbonyl (C=O) groups excluding carboxylic acids is 1. The number of rotatable bonds is 8. The molecule has 1 aromatic carbocycles. The average molecular weight is 326 g/mol. The Labute approximate surface area is 143 Å². The summed E-state index contributed by atoms with van der Waals surface area (Å²) >= 11 is 0. The molecule has 5 nitrogen and oxygen atoms in total. The SMILES string of the molecule is Cc1cnn(C[C@@H](C)NCC(=O)N[C@H](c2ccccc2)C2CC2)c1. The van der Waals surface area contributed by atoms with Crippen LogP contribution in [-0.2, 0) is 11.3 Å². The molecule has 24 heavy (non-hydrogen) atoms. The van der Waals surface area contributed by atoms with Crippen molar-refractivity contribution in [1.82, 2.24) is 20.4 Å². The second kappa shape index (κ2) is 7.62. The first-order chi connectivity index (χ1) is 11.6. The maximum absolute atomic E-state index is 12.3. The highest BCUT2D eigenvalue weighted by molar-refractivity contribution is 5.78. The van der Waals surface area contributed by atoms with Crippen molar-refractivity contribution < 1.29 is 4.79 Å². The lowest BCUT2D eigenvalue weighted by molar-refractivity contribution is -0.121. The number of nitrogens with one attached hydrogen (secondary N) is 2. The summed E-state index contributed by atoms with van der Waals surface area (Å²) in [4.78, 5) is 12.3. The van der Waals surface area contributed by atoms with Gasteiger partial charge in [-0.1, -0.05) is 30.3 Å². The highest BCUT2D eigenvalue weighted by atomic mass is 16.2. The lowest BCUT2D eigenvalue weighted by Crippen LogP contribution is -2.41. The number of carbonyl (C=O) groups is 1. The van der Waals surface area contributed by atoms with Crippen molar-refractivity contribution in [2.45, 2.75) is 45.3 Å². The molecule has 0 saturated heterocycles. The van der Waals surface area contributed by atoms with Gasteiger partial charge in [0.25, 0.3) is 0 Å². The molecule has 2 aromatic rings. The van der Waals surface area contributed by atoms with Crippen molar-refractivity contribution in [3.8, 4) is 0 Å². The van der Waals surface area contributed by atoms with Gasteiger partial charge in [0.05, 0.1) is 25.3 Å². The number of aryl methyl sites for hydroxylation is 1. The molecule has 0 unspecified atom stereocenters. The number of aromatic nitrogens is 2. The molecule has 1 saturated carbocycles. The molecule has 2 N–H and O–H groups in total. The zero-order valence-corrected chi connectivity index (χ0v) is 14.4. The van der Waals surface area contributed by atoms with E-state index in [4.69, 9.17) is 0 Å². The van der Waals surface area contributed by atoms with Crippen LogP contribution in [0.1, 0.15) is 36.9 Å². The second-order valence-electron chi connectivity index (χ2n) is 6.81. The molecule has 1 aliphatic carbocycles. The Kier molecular flexibility index (Phi) is 5.30. The van der Waals surface area contributed by atoms with Crippen molar-refractivity contribution in [2.24, 2.45) is 5.92 Å². The Morgan fingerprint density at radius 2 is 2.08 bits per heavy atom. The summed E-state index contributed by atoms with van der Waals surface area (Å²) in [5.74, 6) is 0.639. The molecular formula is C19H26N4O. The highest BCUT2D eigenvalue weighted by Gasteiger charge is 2.33. The molecule has 0 aliphatic heterocycles. The second-order valence-corrected chi connectivity index (χ2v) is 6.81. The lowest BCUT2D eigenvalue weighted by Gasteiger charge is -2.20. The van der Waals surface area contributed by atoms with Crippen LogP contribution in [0, 0.1) is 12.8 Å². The van der Waals surface area contributed by atoms with Crippen LogP contribution in [0.15, 0.2) is 42.7 Å². The molecule has 1 fully saturated rings. The van der Waals surface area contributed by atoms with Crippen LogP contribution < -0.4 is 10.6 Å². The van der Waals surface area contributed by atoms with E-state index in [1.165, 1.54) is 18.4 Å². The van der Waals surface area contributed by atoms with Crippen molar-refractivity contribution in [2.75, 3.05) is 6.54 Å². The summed E-state index contributed by atoms with van der Waals surface area (Å²) in [6.07, 6.45) is 6.25. The molecule has 1 heterocycles. The van der Waals surface area contributed by atoms with E-state index in [0.29, 0.717) is 12.5 Å². The smallest absolute Gasteiger partial charge is 0.234 e. The van der Waals surface area contributed by atoms with Crippen LogP contribution in [0.25, 0.3) is 0 Å². The molecule has 1 amide bonds. The van der Waals surface area contributed by atoms with E-state index in [9.17, 15) is 4.79 Å². The third kappa shape index (κ3) is 4.68. The molecule has 1 aliphatic rings. The van der Waals surface area contributed by atoms with E-state index in [0.717, 1.165) is 12.1 Å². The molecule has 0 radical (unpaired) electrons. The fraction of sp³-hybridized carbons (Fsp3) is 0.474. The highest BCUT2D eigenvalue weighted by Crippen LogP contribution is 2.40. The Morgan fingerprint density at radius 1 is 1.33 bits per heavy atom. The standard InChI is InChI=1S/C19H26N4O/c1-14-10-21-23(12-14)13-15(2)20-11-18(24)22-19(17-8-9-17)16-6-4-3-5-7-16/h3-7,10,12,15,17,19-20H,8-9,11,13H2,1-2H3,(H,22,24)/t15-,19-/m1/s1. The number of amides is 1. The summed E-state index contributed by atoms with van der Waals surface area (Å²) in [6, 6.07) is 10.6. The van der Waals surface area contributed by atoms with Gasteiger partial charge in [-0.3, -0.25) is 9.48 Å². The van der Waals surface area contributed by atoms with Crippen LogP contribution in [0.5, 0.6) is 0 Å². The minimum atomic E-state index is 0.0549. The summed E-state index contributed by atoms with van der Waals surface area (Å²) in [6.45, 7) is 5.18. The van der Waals surface area contributed by atoms with Gasteiger partial charge < -0.3 is 10.6 Å². The first-order valence-corrected chi connectivity index (χ1v) is 8.68. The minimum Gasteiger partial charge on any atom is -0.348 e. The molecule has 2 atom stereocenters. The maximum atomic E-state index is 12.3. The zero-order valence-electron chi connectivity index (χ0n) is 14.4. The lowest BCUT2D eigenvalue weighted by atomic mass is 10.0. The number of hydrogen-bond donors (Lipinski definition) is 2. The van der Waals surface area contributed by atoms with Crippen LogP contribution >= 0.6 is 0 Å². The Bertz CT molecular complexity index is 663. The fourth-order valence-corrected chi connectivity index (χ4v) is 2.97. The van der Waals surface area contributed by atoms with Gasteiger partial charge in [-0.25, -0.2) is 0 Å². The molecule has 0 spiro atoms. The number of hydrogen-bond acceptors (Lipinski definition) is 3. The topological polar surface area (TPSA) is 59.0 Å². The summed E-state index contributed by atoms with van der Waals surface area (Å²) in [5, 5.41) is 10.8. The van der Waals surface area contributed by atoms with Crippen LogP contribution in [0.3, 0.4) is 0 Å². The van der Waals surface area contributed by atoms with E-state index in [2.05, 4.69) is 34.8 Å². The quantitative estimate of drug-likeness (QED) is 0.783.